The molecular weight excluding hydrogens is 507 g/mol. The molecule has 220 valence electrons. The van der Waals surface area contributed by atoms with Crippen LogP contribution >= 0.6 is 20.2 Å². The summed E-state index contributed by atoms with van der Waals surface area (Å²) in [5, 5.41) is 16.8. The van der Waals surface area contributed by atoms with Crippen molar-refractivity contribution in [2.75, 3.05) is 25.6 Å². The zero-order valence-electron chi connectivity index (χ0n) is 24.1. The summed E-state index contributed by atoms with van der Waals surface area (Å²) in [7, 11) is -1.37. The average Bonchev–Trinajstić information content (AvgIpc) is 2.89. The molecule has 6 nitrogen and oxygen atoms in total. The Morgan fingerprint density at radius 1 is 0.811 bits per heavy atom. The van der Waals surface area contributed by atoms with Gasteiger partial charge >= 0.3 is 19.8 Å². The molecule has 4 atom stereocenters. The molecule has 0 aliphatic carbocycles. The molecule has 0 aromatic carbocycles. The van der Waals surface area contributed by atoms with Crippen LogP contribution in [-0.2, 0) is 18.8 Å². The lowest BCUT2D eigenvalue weighted by Crippen LogP contribution is -2.37. The summed E-state index contributed by atoms with van der Waals surface area (Å²) in [4.78, 5) is 11.0. The third-order valence-electron chi connectivity index (χ3n) is 6.84. The smallest absolute Gasteiger partial charge is 0.390 e. The summed E-state index contributed by atoms with van der Waals surface area (Å²) in [5.74, 6) is -0.334. The number of hydrogen-bond donors (Lipinski definition) is 2. The van der Waals surface area contributed by atoms with Crippen LogP contribution in [0.2, 0.25) is 0 Å². The van der Waals surface area contributed by atoms with Crippen molar-refractivity contribution in [1.82, 2.24) is 0 Å². The van der Waals surface area contributed by atoms with Crippen molar-refractivity contribution in [3.63, 3.8) is 0 Å². The van der Waals surface area contributed by atoms with Crippen LogP contribution in [0.5, 0.6) is 0 Å². The molecule has 8 heteroatoms. The fourth-order valence-electron chi connectivity index (χ4n) is 4.30. The van der Waals surface area contributed by atoms with Gasteiger partial charge in [-0.05, 0) is 31.9 Å². The van der Waals surface area contributed by atoms with Crippen molar-refractivity contribution in [1.29, 1.82) is 0 Å². The molecule has 0 heterocycles. The van der Waals surface area contributed by atoms with Gasteiger partial charge in [0.1, 0.15) is 6.61 Å². The van der Waals surface area contributed by atoms with Crippen LogP contribution in [0.4, 0.5) is 0 Å². The standard InChI is InChI=1S/C29H57O6PS/c1-4-6-8-10-11-12-13-14-15-17-19-24-37-27(21-18-16-9-7-5-2)26(3)35-23-20-22-34-25-29(32,36-33)28(30)31/h26-27,32H,4-25H2,1-3H3,(H,30,31)/p+1. The van der Waals surface area contributed by atoms with Crippen LogP contribution in [-0.4, -0.2) is 58.5 Å². The highest BCUT2D eigenvalue weighted by atomic mass is 32.2. The molecule has 0 saturated carbocycles. The predicted molar refractivity (Wildman–Crippen MR) is 159 cm³/mol. The largest absolute Gasteiger partial charge is 0.476 e. The number of carbonyl (C=O) groups is 1. The molecule has 0 rings (SSSR count). The maximum Gasteiger partial charge on any atom is 0.390 e. The number of aliphatic hydroxyl groups is 1. The van der Waals surface area contributed by atoms with Gasteiger partial charge in [-0.25, -0.2) is 4.79 Å². The minimum atomic E-state index is -2.32. The van der Waals surface area contributed by atoms with Gasteiger partial charge < -0.3 is 19.7 Å². The third kappa shape index (κ3) is 21.3. The Bertz CT molecular complexity index is 539. The first kappa shape index (κ1) is 36.8. The van der Waals surface area contributed by atoms with Crippen LogP contribution in [0.1, 0.15) is 136 Å². The van der Waals surface area contributed by atoms with Crippen LogP contribution in [0.3, 0.4) is 0 Å². The summed E-state index contributed by atoms with van der Waals surface area (Å²) in [6.45, 7) is 6.99. The molecule has 0 bridgehead atoms. The van der Waals surface area contributed by atoms with Crippen LogP contribution in [0, 0.1) is 0 Å². The lowest BCUT2D eigenvalue weighted by Gasteiger charge is -2.24. The molecule has 2 N–H and O–H groups in total. The highest BCUT2D eigenvalue weighted by Gasteiger charge is 2.46. The van der Waals surface area contributed by atoms with Crippen molar-refractivity contribution in [3.05, 3.63) is 0 Å². The highest BCUT2D eigenvalue weighted by molar-refractivity contribution is 7.99. The Hall–Kier alpha value is -0.200. The first-order valence-corrected chi connectivity index (χ1v) is 17.0. The molecule has 0 aromatic heterocycles. The summed E-state index contributed by atoms with van der Waals surface area (Å²) in [6, 6.07) is 0. The SMILES string of the molecule is CCCCCCCCCCCCCSC(CCCCCCC)C(C)OCCCOCC(O)([PH+]=O)C(=O)O. The van der Waals surface area contributed by atoms with Gasteiger partial charge in [-0.15, -0.1) is 0 Å². The zero-order chi connectivity index (χ0) is 27.6. The Balaban J connectivity index is 4.12. The van der Waals surface area contributed by atoms with E-state index >= 15 is 0 Å². The number of carboxylic acids is 1. The summed E-state index contributed by atoms with van der Waals surface area (Å²) in [5.41, 5.74) is 0. The van der Waals surface area contributed by atoms with Gasteiger partial charge in [-0.3, -0.25) is 0 Å². The number of rotatable bonds is 29. The van der Waals surface area contributed by atoms with E-state index < -0.39 is 26.4 Å². The summed E-state index contributed by atoms with van der Waals surface area (Å²) < 4.78 is 22.3. The molecule has 0 fully saturated rings. The van der Waals surface area contributed by atoms with Crippen LogP contribution in [0.25, 0.3) is 0 Å². The summed E-state index contributed by atoms with van der Waals surface area (Å²) >= 11 is 2.06. The molecule has 0 aliphatic heterocycles. The van der Waals surface area contributed by atoms with Gasteiger partial charge in [-0.1, -0.05) is 115 Å². The molecule has 37 heavy (non-hydrogen) atoms. The highest BCUT2D eigenvalue weighted by Crippen LogP contribution is 2.26. The predicted octanol–water partition coefficient (Wildman–Crippen LogP) is 8.37. The van der Waals surface area contributed by atoms with E-state index in [1.165, 1.54) is 115 Å². The molecule has 0 radical (unpaired) electrons. The molecule has 0 aromatic rings. The maximum atomic E-state index is 11.0. The number of aliphatic carboxylic acids is 1. The van der Waals surface area contributed by atoms with Crippen molar-refractivity contribution in [2.24, 2.45) is 0 Å². The lowest BCUT2D eigenvalue weighted by molar-refractivity contribution is -0.154. The number of carboxylic acid groups (broad SMARTS) is 1. The van der Waals surface area contributed by atoms with E-state index in [1.807, 2.05) is 0 Å². The summed E-state index contributed by atoms with van der Waals surface area (Å²) in [6.07, 6.45) is 23.4. The minimum absolute atomic E-state index is 0.156. The van der Waals surface area contributed by atoms with Crippen LogP contribution in [0.15, 0.2) is 0 Å². The first-order valence-electron chi connectivity index (χ1n) is 15.1. The van der Waals surface area contributed by atoms with E-state index in [9.17, 15) is 14.5 Å². The molecule has 0 amide bonds. The van der Waals surface area contributed by atoms with Gasteiger partial charge in [0, 0.05) is 18.5 Å². The van der Waals surface area contributed by atoms with Crippen molar-refractivity contribution >= 4 is 26.2 Å². The Kier molecular flexibility index (Phi) is 25.9. The third-order valence-corrected chi connectivity index (χ3v) is 9.11. The number of ether oxygens (including phenoxy) is 2. The second-order valence-electron chi connectivity index (χ2n) is 10.4. The van der Waals surface area contributed by atoms with Gasteiger partial charge in [0.15, 0.2) is 0 Å². The number of thioether (sulfide) groups is 1. The molecular formula is C29H58O6PS+. The van der Waals surface area contributed by atoms with Gasteiger partial charge in [-0.2, -0.15) is 11.8 Å². The molecule has 0 saturated heterocycles. The molecule has 0 spiro atoms. The minimum Gasteiger partial charge on any atom is -0.476 e. The van der Waals surface area contributed by atoms with Crippen molar-refractivity contribution < 1.29 is 29.0 Å². The fourth-order valence-corrected chi connectivity index (χ4v) is 5.90. The van der Waals surface area contributed by atoms with Crippen molar-refractivity contribution in [3.8, 4) is 0 Å². The average molecular weight is 566 g/mol. The normalized spacial score (nSPS) is 15.0. The zero-order valence-corrected chi connectivity index (χ0v) is 26.0. The number of hydrogen-bond acceptors (Lipinski definition) is 6. The Morgan fingerprint density at radius 3 is 1.84 bits per heavy atom. The lowest BCUT2D eigenvalue weighted by atomic mass is 10.1. The Morgan fingerprint density at radius 2 is 1.32 bits per heavy atom. The quantitative estimate of drug-likeness (QED) is 0.0695. The Labute approximate surface area is 233 Å². The fraction of sp³-hybridized carbons (Fsp3) is 0.966. The van der Waals surface area contributed by atoms with E-state index in [2.05, 4.69) is 32.5 Å². The van der Waals surface area contributed by atoms with Gasteiger partial charge in [0.25, 0.3) is 0 Å². The first-order chi connectivity index (χ1) is 17.9. The van der Waals surface area contributed by atoms with Gasteiger partial charge in [0.05, 0.1) is 6.10 Å². The topological polar surface area (TPSA) is 93.1 Å². The second kappa shape index (κ2) is 26.0. The molecule has 4 unspecified atom stereocenters. The van der Waals surface area contributed by atoms with Gasteiger partial charge in [0.2, 0.25) is 0 Å². The second-order valence-corrected chi connectivity index (χ2v) is 12.8. The monoisotopic (exact) mass is 565 g/mol. The molecule has 0 aliphatic rings. The van der Waals surface area contributed by atoms with E-state index in [0.29, 0.717) is 18.3 Å². The van der Waals surface area contributed by atoms with E-state index in [1.54, 1.807) is 0 Å². The van der Waals surface area contributed by atoms with E-state index in [4.69, 9.17) is 14.6 Å². The van der Waals surface area contributed by atoms with E-state index in [-0.39, 0.29) is 12.7 Å². The van der Waals surface area contributed by atoms with E-state index in [0.717, 1.165) is 0 Å². The van der Waals surface area contributed by atoms with Crippen LogP contribution < -0.4 is 0 Å². The van der Waals surface area contributed by atoms with Crippen molar-refractivity contribution in [2.45, 2.75) is 153 Å². The maximum absolute atomic E-state index is 11.0. The number of unbranched alkanes of at least 4 members (excludes halogenated alkanes) is 14.